The number of carbonyl (C=O) groups is 1. The fourth-order valence-corrected chi connectivity index (χ4v) is 3.11. The third kappa shape index (κ3) is 4.62. The Morgan fingerprint density at radius 3 is 2.46 bits per heavy atom. The molecule has 1 amide bonds. The molecule has 0 heterocycles. The third-order valence-electron chi connectivity index (χ3n) is 3.15. The molecule has 24 heavy (non-hydrogen) atoms. The number of para-hydroxylation sites is 1. The standard InChI is InChI=1S/C16H17ClN2O4S/c1-23-15-9-8-12(17)10-14(15)19(24(2,21)22)11-16(20)18-13-6-4-3-5-7-13/h3-10H,11H2,1-2H3,(H,18,20). The van der Waals surface area contributed by atoms with Crippen molar-refractivity contribution in [2.75, 3.05) is 29.5 Å². The van der Waals surface area contributed by atoms with Gasteiger partial charge in [0, 0.05) is 10.7 Å². The predicted molar refractivity (Wildman–Crippen MR) is 95.3 cm³/mol. The first-order valence-corrected chi connectivity index (χ1v) is 9.20. The zero-order chi connectivity index (χ0) is 17.7. The summed E-state index contributed by atoms with van der Waals surface area (Å²) in [6.45, 7) is -0.398. The van der Waals surface area contributed by atoms with Crippen LogP contribution in [-0.2, 0) is 14.8 Å². The molecule has 2 aromatic carbocycles. The van der Waals surface area contributed by atoms with Crippen LogP contribution in [0.5, 0.6) is 5.75 Å². The number of sulfonamides is 1. The van der Waals surface area contributed by atoms with Crippen LogP contribution in [0.2, 0.25) is 5.02 Å². The number of benzene rings is 2. The van der Waals surface area contributed by atoms with Crippen LogP contribution in [0, 0.1) is 0 Å². The highest BCUT2D eigenvalue weighted by atomic mass is 35.5. The molecule has 0 aromatic heterocycles. The first kappa shape index (κ1) is 18.1. The highest BCUT2D eigenvalue weighted by Crippen LogP contribution is 2.32. The van der Waals surface area contributed by atoms with E-state index in [0.717, 1.165) is 10.6 Å². The Morgan fingerprint density at radius 2 is 1.88 bits per heavy atom. The number of nitrogens with one attached hydrogen (secondary N) is 1. The van der Waals surface area contributed by atoms with Crippen molar-refractivity contribution in [1.82, 2.24) is 0 Å². The molecule has 8 heteroatoms. The minimum atomic E-state index is -3.72. The van der Waals surface area contributed by atoms with Crippen LogP contribution in [0.15, 0.2) is 48.5 Å². The maximum atomic E-state index is 12.2. The Labute approximate surface area is 146 Å². The zero-order valence-electron chi connectivity index (χ0n) is 13.2. The minimum Gasteiger partial charge on any atom is -0.495 e. The number of anilines is 2. The normalized spacial score (nSPS) is 11.0. The first-order chi connectivity index (χ1) is 11.3. The molecule has 0 saturated heterocycles. The van der Waals surface area contributed by atoms with E-state index in [-0.39, 0.29) is 5.69 Å². The molecular formula is C16H17ClN2O4S. The Bertz CT molecular complexity index is 825. The Morgan fingerprint density at radius 1 is 1.21 bits per heavy atom. The number of rotatable bonds is 6. The van der Waals surface area contributed by atoms with Gasteiger partial charge < -0.3 is 10.1 Å². The molecule has 0 saturated carbocycles. The van der Waals surface area contributed by atoms with Gasteiger partial charge in [0.2, 0.25) is 15.9 Å². The fourth-order valence-electron chi connectivity index (χ4n) is 2.09. The monoisotopic (exact) mass is 368 g/mol. The van der Waals surface area contributed by atoms with Gasteiger partial charge >= 0.3 is 0 Å². The second kappa shape index (κ2) is 7.55. The van der Waals surface area contributed by atoms with Gasteiger partial charge in [0.15, 0.2) is 0 Å². The highest BCUT2D eigenvalue weighted by molar-refractivity contribution is 7.92. The second-order valence-electron chi connectivity index (χ2n) is 5.00. The smallest absolute Gasteiger partial charge is 0.245 e. The topological polar surface area (TPSA) is 75.7 Å². The Kier molecular flexibility index (Phi) is 5.69. The average molecular weight is 369 g/mol. The van der Waals surface area contributed by atoms with Gasteiger partial charge in [-0.2, -0.15) is 0 Å². The van der Waals surface area contributed by atoms with Crippen molar-refractivity contribution >= 4 is 38.9 Å². The van der Waals surface area contributed by atoms with E-state index in [0.29, 0.717) is 16.5 Å². The summed E-state index contributed by atoms with van der Waals surface area (Å²) in [4.78, 5) is 12.2. The molecule has 0 unspecified atom stereocenters. The average Bonchev–Trinajstić information content (AvgIpc) is 2.52. The highest BCUT2D eigenvalue weighted by Gasteiger charge is 2.24. The predicted octanol–water partition coefficient (Wildman–Crippen LogP) is 2.75. The maximum Gasteiger partial charge on any atom is 0.245 e. The summed E-state index contributed by atoms with van der Waals surface area (Å²) in [5.41, 5.74) is 0.782. The number of methoxy groups -OCH3 is 1. The van der Waals surface area contributed by atoms with Gasteiger partial charge in [0.05, 0.1) is 19.1 Å². The summed E-state index contributed by atoms with van der Waals surface area (Å²) >= 11 is 5.96. The number of ether oxygens (including phenoxy) is 1. The van der Waals surface area contributed by atoms with E-state index in [2.05, 4.69) is 5.32 Å². The largest absolute Gasteiger partial charge is 0.495 e. The van der Waals surface area contributed by atoms with E-state index in [9.17, 15) is 13.2 Å². The van der Waals surface area contributed by atoms with Crippen molar-refractivity contribution in [1.29, 1.82) is 0 Å². The lowest BCUT2D eigenvalue weighted by Gasteiger charge is -2.24. The summed E-state index contributed by atoms with van der Waals surface area (Å²) < 4.78 is 30.4. The molecule has 2 rings (SSSR count). The van der Waals surface area contributed by atoms with Crippen molar-refractivity contribution in [2.24, 2.45) is 0 Å². The van der Waals surface area contributed by atoms with Gasteiger partial charge in [-0.25, -0.2) is 8.42 Å². The van der Waals surface area contributed by atoms with Gasteiger partial charge in [-0.1, -0.05) is 29.8 Å². The number of amides is 1. The molecule has 0 radical (unpaired) electrons. The van der Waals surface area contributed by atoms with Crippen molar-refractivity contribution in [3.05, 3.63) is 53.6 Å². The molecule has 1 N–H and O–H groups in total. The van der Waals surface area contributed by atoms with Crippen LogP contribution in [-0.4, -0.2) is 34.2 Å². The molecular weight excluding hydrogens is 352 g/mol. The van der Waals surface area contributed by atoms with Crippen LogP contribution in [0.3, 0.4) is 0 Å². The van der Waals surface area contributed by atoms with Gasteiger partial charge in [-0.15, -0.1) is 0 Å². The van der Waals surface area contributed by atoms with Crippen LogP contribution in [0.25, 0.3) is 0 Å². The summed E-state index contributed by atoms with van der Waals surface area (Å²) in [6.07, 6.45) is 1.02. The molecule has 0 spiro atoms. The van der Waals surface area contributed by atoms with Crippen LogP contribution in [0.4, 0.5) is 11.4 Å². The summed E-state index contributed by atoms with van der Waals surface area (Å²) in [7, 11) is -2.31. The van der Waals surface area contributed by atoms with E-state index >= 15 is 0 Å². The first-order valence-electron chi connectivity index (χ1n) is 6.97. The van der Waals surface area contributed by atoms with E-state index in [1.165, 1.54) is 13.2 Å². The van der Waals surface area contributed by atoms with Gasteiger partial charge in [0.1, 0.15) is 12.3 Å². The summed E-state index contributed by atoms with van der Waals surface area (Å²) in [5, 5.41) is 2.98. The van der Waals surface area contributed by atoms with E-state index in [4.69, 9.17) is 16.3 Å². The van der Waals surface area contributed by atoms with Crippen LogP contribution in [0.1, 0.15) is 0 Å². The maximum absolute atomic E-state index is 12.2. The number of carbonyl (C=O) groups excluding carboxylic acids is 1. The van der Waals surface area contributed by atoms with E-state index < -0.39 is 22.5 Å². The summed E-state index contributed by atoms with van der Waals surface area (Å²) in [6, 6.07) is 13.3. The molecule has 0 aliphatic carbocycles. The van der Waals surface area contributed by atoms with Crippen molar-refractivity contribution in [3.8, 4) is 5.75 Å². The molecule has 6 nitrogen and oxygen atoms in total. The molecule has 2 aromatic rings. The molecule has 0 aliphatic rings. The zero-order valence-corrected chi connectivity index (χ0v) is 14.8. The van der Waals surface area contributed by atoms with E-state index in [1.807, 2.05) is 6.07 Å². The lowest BCUT2D eigenvalue weighted by Crippen LogP contribution is -2.37. The van der Waals surface area contributed by atoms with E-state index in [1.54, 1.807) is 36.4 Å². The van der Waals surface area contributed by atoms with Gasteiger partial charge in [0.25, 0.3) is 0 Å². The molecule has 0 bridgehead atoms. The number of hydrogen-bond acceptors (Lipinski definition) is 4. The summed E-state index contributed by atoms with van der Waals surface area (Å²) in [5.74, 6) is -0.175. The van der Waals surface area contributed by atoms with Crippen LogP contribution < -0.4 is 14.4 Å². The number of hydrogen-bond donors (Lipinski definition) is 1. The number of halogens is 1. The molecule has 0 fully saturated rings. The second-order valence-corrected chi connectivity index (χ2v) is 7.34. The minimum absolute atomic E-state index is 0.204. The molecule has 0 atom stereocenters. The van der Waals surface area contributed by atoms with Crippen LogP contribution >= 0.6 is 11.6 Å². The third-order valence-corrected chi connectivity index (χ3v) is 4.52. The van der Waals surface area contributed by atoms with Crippen molar-refractivity contribution in [2.45, 2.75) is 0 Å². The quantitative estimate of drug-likeness (QED) is 0.850. The van der Waals surface area contributed by atoms with Crippen molar-refractivity contribution in [3.63, 3.8) is 0 Å². The van der Waals surface area contributed by atoms with Gasteiger partial charge in [-0.05, 0) is 30.3 Å². The SMILES string of the molecule is COc1ccc(Cl)cc1N(CC(=O)Nc1ccccc1)S(C)(=O)=O. The lowest BCUT2D eigenvalue weighted by atomic mass is 10.3. The molecule has 128 valence electrons. The van der Waals surface area contributed by atoms with Crippen molar-refractivity contribution < 1.29 is 17.9 Å². The fraction of sp³-hybridized carbons (Fsp3) is 0.188. The lowest BCUT2D eigenvalue weighted by molar-refractivity contribution is -0.114. The Hall–Kier alpha value is -2.25. The molecule has 0 aliphatic heterocycles. The number of nitrogens with zero attached hydrogens (tertiary/aromatic N) is 1. The Balaban J connectivity index is 2.30. The van der Waals surface area contributed by atoms with Gasteiger partial charge in [-0.3, -0.25) is 9.10 Å².